The summed E-state index contributed by atoms with van der Waals surface area (Å²) < 4.78 is 0.533. The Balaban J connectivity index is 1.91. The Bertz CT molecular complexity index is 419. The second-order valence-corrected chi connectivity index (χ2v) is 5.33. The van der Waals surface area contributed by atoms with Crippen LogP contribution in [0.4, 0.5) is 5.69 Å². The van der Waals surface area contributed by atoms with Crippen molar-refractivity contribution < 1.29 is 4.92 Å². The van der Waals surface area contributed by atoms with Gasteiger partial charge in [-0.1, -0.05) is 12.5 Å². The van der Waals surface area contributed by atoms with Crippen LogP contribution in [0.2, 0.25) is 0 Å². The number of hydrogen-bond acceptors (Lipinski definition) is 3. The van der Waals surface area contributed by atoms with Crippen molar-refractivity contribution in [2.45, 2.75) is 25.8 Å². The van der Waals surface area contributed by atoms with E-state index in [1.165, 1.54) is 19.3 Å². The number of nitrogens with zero attached hydrogens (tertiary/aromatic N) is 1. The summed E-state index contributed by atoms with van der Waals surface area (Å²) in [6, 6.07) is 5.27. The Labute approximate surface area is 109 Å². The minimum Gasteiger partial charge on any atom is -0.312 e. The van der Waals surface area contributed by atoms with Gasteiger partial charge in [-0.3, -0.25) is 10.1 Å². The summed E-state index contributed by atoms with van der Waals surface area (Å²) in [7, 11) is 0. The van der Waals surface area contributed by atoms with Crippen molar-refractivity contribution in [3.8, 4) is 0 Å². The molecule has 1 aliphatic rings. The van der Waals surface area contributed by atoms with Crippen molar-refractivity contribution >= 4 is 21.6 Å². The van der Waals surface area contributed by atoms with E-state index >= 15 is 0 Å². The van der Waals surface area contributed by atoms with E-state index in [1.807, 2.05) is 6.07 Å². The number of nitro benzene ring substituents is 1. The summed E-state index contributed by atoms with van der Waals surface area (Å²) in [6.07, 6.45) is 3.97. The van der Waals surface area contributed by atoms with Crippen molar-refractivity contribution in [2.24, 2.45) is 5.92 Å². The molecule has 0 amide bonds. The minimum atomic E-state index is -0.362. The Morgan fingerprint density at radius 3 is 2.82 bits per heavy atom. The highest BCUT2D eigenvalue weighted by Crippen LogP contribution is 2.27. The van der Waals surface area contributed by atoms with Crippen LogP contribution >= 0.6 is 15.9 Å². The van der Waals surface area contributed by atoms with Crippen molar-refractivity contribution in [1.29, 1.82) is 0 Å². The molecule has 1 aliphatic carbocycles. The number of halogens is 1. The lowest BCUT2D eigenvalue weighted by molar-refractivity contribution is -0.385. The first kappa shape index (κ1) is 12.5. The lowest BCUT2D eigenvalue weighted by Crippen LogP contribution is -2.26. The second-order valence-electron chi connectivity index (χ2n) is 4.47. The number of nitro groups is 1. The Hall–Kier alpha value is -0.940. The molecule has 0 unspecified atom stereocenters. The molecule has 1 saturated carbocycles. The molecule has 92 valence electrons. The molecule has 0 aliphatic heterocycles. The third-order valence-electron chi connectivity index (χ3n) is 3.19. The molecule has 1 fully saturated rings. The molecule has 0 saturated heterocycles. The highest BCUT2D eigenvalue weighted by atomic mass is 79.9. The monoisotopic (exact) mass is 298 g/mol. The van der Waals surface area contributed by atoms with E-state index in [9.17, 15) is 10.1 Å². The van der Waals surface area contributed by atoms with Crippen molar-refractivity contribution in [3.63, 3.8) is 0 Å². The third kappa shape index (κ3) is 3.26. The van der Waals surface area contributed by atoms with E-state index in [4.69, 9.17) is 0 Å². The van der Waals surface area contributed by atoms with Crippen LogP contribution in [0.5, 0.6) is 0 Å². The van der Waals surface area contributed by atoms with Crippen LogP contribution in [0.25, 0.3) is 0 Å². The maximum absolute atomic E-state index is 10.8. The minimum absolute atomic E-state index is 0.132. The van der Waals surface area contributed by atoms with Crippen LogP contribution in [0.1, 0.15) is 24.8 Å². The molecule has 1 aromatic rings. The lowest BCUT2D eigenvalue weighted by Gasteiger charge is -2.25. The van der Waals surface area contributed by atoms with Gasteiger partial charge in [0.15, 0.2) is 0 Å². The average molecular weight is 299 g/mol. The average Bonchev–Trinajstić information content (AvgIpc) is 2.23. The SMILES string of the molecule is O=[N+]([O-])c1cc(CNCC2CCC2)ccc1Br. The van der Waals surface area contributed by atoms with Gasteiger partial charge in [0, 0.05) is 12.6 Å². The zero-order valence-corrected chi connectivity index (χ0v) is 11.1. The van der Waals surface area contributed by atoms with Gasteiger partial charge in [0.05, 0.1) is 9.40 Å². The summed E-state index contributed by atoms with van der Waals surface area (Å²) in [5, 5.41) is 14.1. The van der Waals surface area contributed by atoms with E-state index in [2.05, 4.69) is 21.2 Å². The molecule has 0 heterocycles. The van der Waals surface area contributed by atoms with E-state index < -0.39 is 0 Å². The maximum atomic E-state index is 10.8. The Kier molecular flexibility index (Phi) is 4.12. The van der Waals surface area contributed by atoms with Crippen molar-refractivity contribution in [3.05, 3.63) is 38.3 Å². The second kappa shape index (κ2) is 5.60. The van der Waals surface area contributed by atoms with E-state index in [1.54, 1.807) is 12.1 Å². The first-order chi connectivity index (χ1) is 8.16. The van der Waals surface area contributed by atoms with Gasteiger partial charge in [-0.2, -0.15) is 0 Å². The molecular weight excluding hydrogens is 284 g/mol. The van der Waals surface area contributed by atoms with Crippen LogP contribution in [0, 0.1) is 16.0 Å². The summed E-state index contributed by atoms with van der Waals surface area (Å²) in [4.78, 5) is 10.4. The van der Waals surface area contributed by atoms with E-state index in [0.717, 1.165) is 18.0 Å². The van der Waals surface area contributed by atoms with Crippen LogP contribution in [0.3, 0.4) is 0 Å². The molecule has 0 spiro atoms. The Morgan fingerprint density at radius 1 is 1.47 bits per heavy atom. The van der Waals surface area contributed by atoms with Gasteiger partial charge in [-0.05, 0) is 52.9 Å². The fourth-order valence-electron chi connectivity index (χ4n) is 1.93. The molecule has 0 radical (unpaired) electrons. The normalized spacial score (nSPS) is 15.6. The van der Waals surface area contributed by atoms with E-state index in [0.29, 0.717) is 11.0 Å². The fraction of sp³-hybridized carbons (Fsp3) is 0.500. The zero-order chi connectivity index (χ0) is 12.3. The van der Waals surface area contributed by atoms with Gasteiger partial charge < -0.3 is 5.32 Å². The lowest BCUT2D eigenvalue weighted by atomic mass is 9.85. The first-order valence-corrected chi connectivity index (χ1v) is 6.59. The molecule has 0 aromatic heterocycles. The van der Waals surface area contributed by atoms with Gasteiger partial charge in [0.1, 0.15) is 0 Å². The molecule has 2 rings (SSSR count). The molecule has 1 aromatic carbocycles. The zero-order valence-electron chi connectivity index (χ0n) is 9.49. The predicted molar refractivity (Wildman–Crippen MR) is 69.8 cm³/mol. The largest absolute Gasteiger partial charge is 0.312 e. The third-order valence-corrected chi connectivity index (χ3v) is 3.86. The summed E-state index contributed by atoms with van der Waals surface area (Å²) in [5.41, 5.74) is 1.09. The quantitative estimate of drug-likeness (QED) is 0.670. The smallest absolute Gasteiger partial charge is 0.283 e. The van der Waals surface area contributed by atoms with Crippen molar-refractivity contribution in [2.75, 3.05) is 6.54 Å². The topological polar surface area (TPSA) is 55.2 Å². The summed E-state index contributed by atoms with van der Waals surface area (Å²) >= 11 is 3.18. The molecule has 5 heteroatoms. The molecule has 17 heavy (non-hydrogen) atoms. The fourth-order valence-corrected chi connectivity index (χ4v) is 2.32. The number of rotatable bonds is 5. The standard InChI is InChI=1S/C12H15BrN2O2/c13-11-5-4-10(6-12(11)15(16)17)8-14-7-9-2-1-3-9/h4-6,9,14H,1-3,7-8H2. The van der Waals surface area contributed by atoms with Gasteiger partial charge >= 0.3 is 0 Å². The van der Waals surface area contributed by atoms with Crippen molar-refractivity contribution in [1.82, 2.24) is 5.32 Å². The highest BCUT2D eigenvalue weighted by molar-refractivity contribution is 9.10. The summed E-state index contributed by atoms with van der Waals surface area (Å²) in [5.74, 6) is 0.806. The Morgan fingerprint density at radius 2 is 2.24 bits per heavy atom. The molecule has 1 N–H and O–H groups in total. The molecular formula is C12H15BrN2O2. The first-order valence-electron chi connectivity index (χ1n) is 5.80. The molecule has 0 atom stereocenters. The number of hydrogen-bond donors (Lipinski definition) is 1. The van der Waals surface area contributed by atoms with Gasteiger partial charge in [0.2, 0.25) is 0 Å². The molecule has 0 bridgehead atoms. The predicted octanol–water partition coefficient (Wildman–Crippen LogP) is 3.25. The van der Waals surface area contributed by atoms with Gasteiger partial charge in [-0.15, -0.1) is 0 Å². The number of benzene rings is 1. The van der Waals surface area contributed by atoms with Gasteiger partial charge in [0.25, 0.3) is 5.69 Å². The van der Waals surface area contributed by atoms with Crippen LogP contribution < -0.4 is 5.32 Å². The summed E-state index contributed by atoms with van der Waals surface area (Å²) in [6.45, 7) is 1.72. The number of nitrogens with one attached hydrogen (secondary N) is 1. The van der Waals surface area contributed by atoms with Crippen LogP contribution in [-0.4, -0.2) is 11.5 Å². The van der Waals surface area contributed by atoms with E-state index in [-0.39, 0.29) is 10.6 Å². The van der Waals surface area contributed by atoms with Crippen LogP contribution in [0.15, 0.2) is 22.7 Å². The maximum Gasteiger partial charge on any atom is 0.283 e. The van der Waals surface area contributed by atoms with Gasteiger partial charge in [-0.25, -0.2) is 0 Å². The molecule has 4 nitrogen and oxygen atoms in total. The highest BCUT2D eigenvalue weighted by Gasteiger charge is 2.17. The van der Waals surface area contributed by atoms with Crippen LogP contribution in [-0.2, 0) is 6.54 Å².